The third-order valence-electron chi connectivity index (χ3n) is 4.95. The zero-order chi connectivity index (χ0) is 20.3. The molecule has 1 fully saturated rings. The number of Topliss-reactive ketones (excluding diaryl/α,β-unsaturated/α-hetero) is 1. The van der Waals surface area contributed by atoms with Crippen molar-refractivity contribution in [1.29, 1.82) is 0 Å². The highest BCUT2D eigenvalue weighted by atomic mass is 32.2. The molecule has 1 N–H and O–H groups in total. The number of aryl methyl sites for hydroxylation is 1. The molecule has 28 heavy (non-hydrogen) atoms. The zero-order valence-electron chi connectivity index (χ0n) is 16.1. The topological polar surface area (TPSA) is 90.6 Å². The molecule has 0 aliphatic carbocycles. The second-order valence-electron chi connectivity index (χ2n) is 6.95. The van der Waals surface area contributed by atoms with Gasteiger partial charge < -0.3 is 9.88 Å². The lowest BCUT2D eigenvalue weighted by Crippen LogP contribution is -2.50. The quantitative estimate of drug-likeness (QED) is 0.750. The fourth-order valence-corrected chi connectivity index (χ4v) is 4.71. The van der Waals surface area contributed by atoms with Crippen LogP contribution in [0.1, 0.15) is 46.7 Å². The maximum Gasteiger partial charge on any atom is 0.270 e. The number of ketones is 1. The largest absolute Gasteiger partial charge is 0.356 e. The monoisotopic (exact) mass is 403 g/mol. The van der Waals surface area contributed by atoms with Crippen LogP contribution >= 0.6 is 0 Å². The molecule has 1 amide bonds. The Bertz CT molecular complexity index is 956. The molecular formula is C20H25N3O4S. The first-order valence-corrected chi connectivity index (χ1v) is 10.8. The lowest BCUT2D eigenvalue weighted by molar-refractivity contribution is 0.0692. The molecule has 2 heterocycles. The molecule has 7 nitrogen and oxygen atoms in total. The number of carbonyl (C=O) groups excluding carboxylic acids is 2. The van der Waals surface area contributed by atoms with Crippen LogP contribution in [-0.2, 0) is 16.4 Å². The lowest BCUT2D eigenvalue weighted by Gasteiger charge is -2.33. The number of piperazine rings is 1. The van der Waals surface area contributed by atoms with Crippen LogP contribution < -0.4 is 0 Å². The molecule has 0 atom stereocenters. The first kappa shape index (κ1) is 20.3. The van der Waals surface area contributed by atoms with Crippen molar-refractivity contribution in [3.8, 4) is 0 Å². The van der Waals surface area contributed by atoms with Crippen LogP contribution in [-0.4, -0.2) is 60.5 Å². The van der Waals surface area contributed by atoms with Gasteiger partial charge >= 0.3 is 0 Å². The molecule has 0 unspecified atom stereocenters. The minimum absolute atomic E-state index is 0.115. The molecule has 0 spiro atoms. The third kappa shape index (κ3) is 4.18. The minimum atomic E-state index is -3.57. The Morgan fingerprint density at radius 3 is 2.25 bits per heavy atom. The highest BCUT2D eigenvalue weighted by Gasteiger charge is 2.30. The molecule has 0 saturated carbocycles. The van der Waals surface area contributed by atoms with Gasteiger partial charge in [0.1, 0.15) is 5.69 Å². The molecule has 0 bridgehead atoms. The van der Waals surface area contributed by atoms with Crippen molar-refractivity contribution in [1.82, 2.24) is 14.2 Å². The van der Waals surface area contributed by atoms with Gasteiger partial charge in [-0.05, 0) is 37.1 Å². The van der Waals surface area contributed by atoms with Crippen LogP contribution in [0.4, 0.5) is 0 Å². The summed E-state index contributed by atoms with van der Waals surface area (Å²) in [6.45, 7) is 4.62. The number of hydrogen-bond acceptors (Lipinski definition) is 4. The Balaban J connectivity index is 1.65. The van der Waals surface area contributed by atoms with Crippen molar-refractivity contribution < 1.29 is 18.0 Å². The number of amides is 1. The van der Waals surface area contributed by atoms with Gasteiger partial charge in [0.15, 0.2) is 5.78 Å². The summed E-state index contributed by atoms with van der Waals surface area (Å²) in [5.41, 5.74) is 1.91. The van der Waals surface area contributed by atoms with Crippen LogP contribution in [0.15, 0.2) is 41.4 Å². The molecule has 1 aliphatic rings. The number of aromatic amines is 1. The molecule has 1 aromatic carbocycles. The van der Waals surface area contributed by atoms with Crippen molar-refractivity contribution in [3.05, 3.63) is 53.3 Å². The summed E-state index contributed by atoms with van der Waals surface area (Å²) in [5.74, 6) is -0.343. The van der Waals surface area contributed by atoms with Gasteiger partial charge in [-0.25, -0.2) is 8.42 Å². The SMILES string of the molecule is CCCc1ccc(S(=O)(=O)N2CCN(C(=O)c3cc(C(C)=O)c[nH]3)CC2)cc1. The predicted octanol–water partition coefficient (Wildman–Crippen LogP) is 2.32. The Kier molecular flexibility index (Phi) is 6.00. The summed E-state index contributed by atoms with van der Waals surface area (Å²) >= 11 is 0. The normalized spacial score (nSPS) is 15.6. The van der Waals surface area contributed by atoms with Gasteiger partial charge in [0, 0.05) is 37.9 Å². The maximum atomic E-state index is 12.9. The second kappa shape index (κ2) is 8.28. The van der Waals surface area contributed by atoms with E-state index in [9.17, 15) is 18.0 Å². The lowest BCUT2D eigenvalue weighted by atomic mass is 10.1. The number of hydrogen-bond donors (Lipinski definition) is 1. The Labute approximate surface area is 165 Å². The van der Waals surface area contributed by atoms with Crippen LogP contribution in [0.2, 0.25) is 0 Å². The number of rotatable bonds is 6. The van der Waals surface area contributed by atoms with Gasteiger partial charge in [-0.1, -0.05) is 25.5 Å². The third-order valence-corrected chi connectivity index (χ3v) is 6.86. The van der Waals surface area contributed by atoms with Gasteiger partial charge in [0.2, 0.25) is 10.0 Å². The highest BCUT2D eigenvalue weighted by Crippen LogP contribution is 2.19. The van der Waals surface area contributed by atoms with E-state index >= 15 is 0 Å². The predicted molar refractivity (Wildman–Crippen MR) is 106 cm³/mol. The van der Waals surface area contributed by atoms with E-state index in [1.807, 2.05) is 12.1 Å². The fourth-order valence-electron chi connectivity index (χ4n) is 3.29. The molecular weight excluding hydrogens is 378 g/mol. The first-order valence-electron chi connectivity index (χ1n) is 9.40. The number of carbonyl (C=O) groups is 2. The van der Waals surface area contributed by atoms with E-state index in [0.717, 1.165) is 18.4 Å². The van der Waals surface area contributed by atoms with E-state index in [2.05, 4.69) is 11.9 Å². The summed E-state index contributed by atoms with van der Waals surface area (Å²) in [6.07, 6.45) is 3.44. The van der Waals surface area contributed by atoms with E-state index in [4.69, 9.17) is 0 Å². The minimum Gasteiger partial charge on any atom is -0.356 e. The number of H-pyrrole nitrogens is 1. The number of nitrogens with one attached hydrogen (secondary N) is 1. The molecule has 1 aliphatic heterocycles. The van der Waals surface area contributed by atoms with Crippen LogP contribution in [0, 0.1) is 0 Å². The Hall–Kier alpha value is -2.45. The van der Waals surface area contributed by atoms with E-state index in [1.165, 1.54) is 23.5 Å². The molecule has 1 saturated heterocycles. The average molecular weight is 404 g/mol. The van der Waals surface area contributed by atoms with Gasteiger partial charge in [-0.15, -0.1) is 0 Å². The van der Waals surface area contributed by atoms with Gasteiger partial charge in [-0.2, -0.15) is 4.31 Å². The van der Waals surface area contributed by atoms with Crippen molar-refractivity contribution in [3.63, 3.8) is 0 Å². The summed E-state index contributed by atoms with van der Waals surface area (Å²) in [5, 5.41) is 0. The van der Waals surface area contributed by atoms with Crippen molar-refractivity contribution in [2.75, 3.05) is 26.2 Å². The van der Waals surface area contributed by atoms with E-state index in [-0.39, 0.29) is 29.7 Å². The molecule has 1 aromatic heterocycles. The molecule has 8 heteroatoms. The Morgan fingerprint density at radius 2 is 1.71 bits per heavy atom. The summed E-state index contributed by atoms with van der Waals surface area (Å²) in [6, 6.07) is 8.55. The average Bonchev–Trinajstić information content (AvgIpc) is 3.19. The number of aromatic nitrogens is 1. The maximum absolute atomic E-state index is 12.9. The fraction of sp³-hybridized carbons (Fsp3) is 0.400. The number of sulfonamides is 1. The molecule has 150 valence electrons. The zero-order valence-corrected chi connectivity index (χ0v) is 17.0. The molecule has 2 aromatic rings. The van der Waals surface area contributed by atoms with Crippen LogP contribution in [0.25, 0.3) is 0 Å². The summed E-state index contributed by atoms with van der Waals surface area (Å²) in [7, 11) is -3.57. The summed E-state index contributed by atoms with van der Waals surface area (Å²) < 4.78 is 27.1. The smallest absolute Gasteiger partial charge is 0.270 e. The van der Waals surface area contributed by atoms with Crippen molar-refractivity contribution in [2.45, 2.75) is 31.6 Å². The van der Waals surface area contributed by atoms with Crippen LogP contribution in [0.5, 0.6) is 0 Å². The molecule has 3 rings (SSSR count). The van der Waals surface area contributed by atoms with Gasteiger partial charge in [-0.3, -0.25) is 9.59 Å². The number of benzene rings is 1. The number of nitrogens with zero attached hydrogens (tertiary/aromatic N) is 2. The van der Waals surface area contributed by atoms with Crippen LogP contribution in [0.3, 0.4) is 0 Å². The van der Waals surface area contributed by atoms with E-state index in [1.54, 1.807) is 17.0 Å². The first-order chi connectivity index (χ1) is 13.3. The van der Waals surface area contributed by atoms with Crippen molar-refractivity contribution >= 4 is 21.7 Å². The van der Waals surface area contributed by atoms with Gasteiger partial charge in [0.05, 0.1) is 4.90 Å². The summed E-state index contributed by atoms with van der Waals surface area (Å²) in [4.78, 5) is 28.7. The Morgan fingerprint density at radius 1 is 1.07 bits per heavy atom. The van der Waals surface area contributed by atoms with E-state index < -0.39 is 10.0 Å². The second-order valence-corrected chi connectivity index (χ2v) is 8.89. The highest BCUT2D eigenvalue weighted by molar-refractivity contribution is 7.89. The van der Waals surface area contributed by atoms with Gasteiger partial charge in [0.25, 0.3) is 5.91 Å². The standard InChI is InChI=1S/C20H25N3O4S/c1-3-4-16-5-7-18(8-6-16)28(26,27)23-11-9-22(10-12-23)20(25)19-13-17(14-21-19)15(2)24/h5-8,13-14,21H,3-4,9-12H2,1-2H3. The molecule has 0 radical (unpaired) electrons. The van der Waals surface area contributed by atoms with Crippen molar-refractivity contribution in [2.24, 2.45) is 0 Å². The van der Waals surface area contributed by atoms with E-state index in [0.29, 0.717) is 24.3 Å².